The molecule has 1 atom stereocenters. The highest BCUT2D eigenvalue weighted by atomic mass is 35.5. The summed E-state index contributed by atoms with van der Waals surface area (Å²) in [6.07, 6.45) is 1.59. The molecule has 1 fully saturated rings. The highest BCUT2D eigenvalue weighted by Gasteiger charge is 2.46. The fraction of sp³-hybridized carbons (Fsp3) is 0.0870. The minimum absolute atomic E-state index is 0.0604. The average molecular weight is 423 g/mol. The minimum atomic E-state index is -0.886. The van der Waals surface area contributed by atoms with Gasteiger partial charge in [-0.2, -0.15) is 0 Å². The Bertz CT molecular complexity index is 1130. The monoisotopic (exact) mass is 422 g/mol. The summed E-state index contributed by atoms with van der Waals surface area (Å²) in [6.45, 7) is 0.0604. The number of pyridine rings is 1. The smallest absolute Gasteiger partial charge is 0.296 e. The molecule has 3 aromatic rings. The Labute approximate surface area is 177 Å². The normalized spacial score (nSPS) is 18.1. The van der Waals surface area contributed by atoms with E-state index in [1.54, 1.807) is 48.7 Å². The van der Waals surface area contributed by atoms with Gasteiger partial charge in [-0.15, -0.1) is 0 Å². The Morgan fingerprint density at radius 2 is 1.73 bits per heavy atom. The van der Waals surface area contributed by atoms with E-state index in [2.05, 4.69) is 4.98 Å². The molecular weight excluding hydrogens is 407 g/mol. The third-order valence-electron chi connectivity index (χ3n) is 4.90. The molecule has 5 nitrogen and oxygen atoms in total. The van der Waals surface area contributed by atoms with E-state index in [1.165, 1.54) is 29.2 Å². The van der Waals surface area contributed by atoms with E-state index >= 15 is 0 Å². The summed E-state index contributed by atoms with van der Waals surface area (Å²) in [5.41, 5.74) is 1.37. The standard InChI is InChI=1S/C23H16ClFN2O3/c24-16-8-4-15(5-9-16)21(28)19-20(14-6-10-17(25)11-7-14)27(23(30)22(19)29)13-18-3-1-2-12-26-18/h1-12,20,28H,13H2/b21-19+. The van der Waals surface area contributed by atoms with Crippen molar-refractivity contribution in [3.8, 4) is 0 Å². The lowest BCUT2D eigenvalue weighted by Gasteiger charge is -2.25. The van der Waals surface area contributed by atoms with Crippen LogP contribution in [0.5, 0.6) is 0 Å². The molecule has 1 saturated heterocycles. The molecule has 1 unspecified atom stereocenters. The fourth-order valence-electron chi connectivity index (χ4n) is 3.46. The summed E-state index contributed by atoms with van der Waals surface area (Å²) < 4.78 is 13.5. The van der Waals surface area contributed by atoms with E-state index in [4.69, 9.17) is 11.6 Å². The predicted molar refractivity (Wildman–Crippen MR) is 110 cm³/mol. The Balaban J connectivity index is 1.85. The SMILES string of the molecule is O=C1C(=O)N(Cc2ccccn2)C(c2ccc(F)cc2)/C1=C(\O)c1ccc(Cl)cc1. The molecule has 0 aliphatic carbocycles. The maximum atomic E-state index is 13.5. The van der Waals surface area contributed by atoms with Gasteiger partial charge in [0, 0.05) is 16.8 Å². The van der Waals surface area contributed by atoms with Crippen molar-refractivity contribution >= 4 is 29.1 Å². The Kier molecular flexibility index (Phi) is 5.33. The molecule has 2 aromatic carbocycles. The lowest BCUT2D eigenvalue weighted by molar-refractivity contribution is -0.140. The summed E-state index contributed by atoms with van der Waals surface area (Å²) in [7, 11) is 0. The van der Waals surface area contributed by atoms with Gasteiger partial charge in [0.2, 0.25) is 0 Å². The lowest BCUT2D eigenvalue weighted by Crippen LogP contribution is -2.29. The predicted octanol–water partition coefficient (Wildman–Crippen LogP) is 4.50. The number of aliphatic hydroxyl groups excluding tert-OH is 1. The quantitative estimate of drug-likeness (QED) is 0.382. The third kappa shape index (κ3) is 3.69. The Hall–Kier alpha value is -3.51. The van der Waals surface area contributed by atoms with Crippen molar-refractivity contribution in [1.82, 2.24) is 9.88 Å². The van der Waals surface area contributed by atoms with Crippen molar-refractivity contribution in [2.24, 2.45) is 0 Å². The topological polar surface area (TPSA) is 70.5 Å². The highest BCUT2D eigenvalue weighted by molar-refractivity contribution is 6.46. The number of Topliss-reactive ketones (excluding diaryl/α,β-unsaturated/α-hetero) is 1. The van der Waals surface area contributed by atoms with Gasteiger partial charge in [0.1, 0.15) is 11.6 Å². The molecule has 1 N–H and O–H groups in total. The zero-order valence-electron chi connectivity index (χ0n) is 15.6. The van der Waals surface area contributed by atoms with Gasteiger partial charge in [-0.3, -0.25) is 14.6 Å². The van der Waals surface area contributed by atoms with Crippen molar-refractivity contribution in [2.45, 2.75) is 12.6 Å². The first-order valence-corrected chi connectivity index (χ1v) is 9.53. The van der Waals surface area contributed by atoms with Crippen molar-refractivity contribution in [2.75, 3.05) is 0 Å². The van der Waals surface area contributed by atoms with Gasteiger partial charge in [0.05, 0.1) is 23.9 Å². The number of halogens is 2. The molecule has 7 heteroatoms. The number of ketones is 1. The van der Waals surface area contributed by atoms with Gasteiger partial charge in [-0.1, -0.05) is 29.8 Å². The summed E-state index contributed by atoms with van der Waals surface area (Å²) in [4.78, 5) is 31.3. The highest BCUT2D eigenvalue weighted by Crippen LogP contribution is 2.40. The van der Waals surface area contributed by atoms with Gasteiger partial charge in [0.15, 0.2) is 0 Å². The first-order valence-electron chi connectivity index (χ1n) is 9.15. The van der Waals surface area contributed by atoms with Crippen LogP contribution in [-0.4, -0.2) is 26.7 Å². The second kappa shape index (κ2) is 8.08. The molecule has 1 aliphatic rings. The van der Waals surface area contributed by atoms with E-state index in [0.717, 1.165) is 0 Å². The van der Waals surface area contributed by atoms with Crippen LogP contribution in [0.4, 0.5) is 4.39 Å². The number of rotatable bonds is 4. The number of carbonyl (C=O) groups excluding carboxylic acids is 2. The molecule has 4 rings (SSSR count). The third-order valence-corrected chi connectivity index (χ3v) is 5.15. The molecule has 0 radical (unpaired) electrons. The number of benzene rings is 2. The van der Waals surface area contributed by atoms with Crippen LogP contribution in [0.25, 0.3) is 5.76 Å². The summed E-state index contributed by atoms with van der Waals surface area (Å²) in [5, 5.41) is 11.4. The van der Waals surface area contributed by atoms with E-state index in [9.17, 15) is 19.1 Å². The number of likely N-dealkylation sites (tertiary alicyclic amines) is 1. The minimum Gasteiger partial charge on any atom is -0.507 e. The first kappa shape index (κ1) is 19.8. The fourth-order valence-corrected chi connectivity index (χ4v) is 3.59. The number of hydrogen-bond acceptors (Lipinski definition) is 4. The number of carbonyl (C=O) groups is 2. The number of nitrogens with zero attached hydrogens (tertiary/aromatic N) is 2. The van der Waals surface area contributed by atoms with Crippen molar-refractivity contribution < 1.29 is 19.1 Å². The lowest BCUT2D eigenvalue weighted by atomic mass is 9.95. The van der Waals surface area contributed by atoms with E-state index < -0.39 is 23.5 Å². The second-order valence-electron chi connectivity index (χ2n) is 6.81. The molecule has 2 heterocycles. The van der Waals surface area contributed by atoms with Crippen LogP contribution >= 0.6 is 11.6 Å². The molecule has 0 spiro atoms. The Morgan fingerprint density at radius 3 is 2.37 bits per heavy atom. The van der Waals surface area contributed by atoms with Crippen LogP contribution in [0, 0.1) is 5.82 Å². The summed E-state index contributed by atoms with van der Waals surface area (Å²) >= 11 is 5.91. The van der Waals surface area contributed by atoms with Crippen molar-refractivity contribution in [1.29, 1.82) is 0 Å². The molecule has 0 bridgehead atoms. The molecule has 150 valence electrons. The van der Waals surface area contributed by atoms with Crippen molar-refractivity contribution in [3.63, 3.8) is 0 Å². The van der Waals surface area contributed by atoms with Gasteiger partial charge in [-0.25, -0.2) is 4.39 Å². The molecule has 0 saturated carbocycles. The van der Waals surface area contributed by atoms with E-state index in [0.29, 0.717) is 21.8 Å². The van der Waals surface area contributed by atoms with Crippen LogP contribution < -0.4 is 0 Å². The van der Waals surface area contributed by atoms with Crippen molar-refractivity contribution in [3.05, 3.63) is 106 Å². The Morgan fingerprint density at radius 1 is 1.03 bits per heavy atom. The second-order valence-corrected chi connectivity index (χ2v) is 7.24. The summed E-state index contributed by atoms with van der Waals surface area (Å²) in [6, 6.07) is 16.1. The molecular formula is C23H16ClFN2O3. The van der Waals surface area contributed by atoms with Crippen LogP contribution in [0.15, 0.2) is 78.5 Å². The molecule has 1 aliphatic heterocycles. The van der Waals surface area contributed by atoms with E-state index in [-0.39, 0.29) is 17.9 Å². The van der Waals surface area contributed by atoms with Crippen LogP contribution in [0.2, 0.25) is 5.02 Å². The molecule has 1 aromatic heterocycles. The number of hydrogen-bond donors (Lipinski definition) is 1. The number of aliphatic hydroxyl groups is 1. The maximum Gasteiger partial charge on any atom is 0.296 e. The zero-order chi connectivity index (χ0) is 21.3. The van der Waals surface area contributed by atoms with Crippen LogP contribution in [0.3, 0.4) is 0 Å². The van der Waals surface area contributed by atoms with Gasteiger partial charge >= 0.3 is 0 Å². The summed E-state index contributed by atoms with van der Waals surface area (Å²) in [5.74, 6) is -2.33. The van der Waals surface area contributed by atoms with E-state index in [1.807, 2.05) is 0 Å². The molecule has 1 amide bonds. The zero-order valence-corrected chi connectivity index (χ0v) is 16.4. The van der Waals surface area contributed by atoms with Crippen LogP contribution in [0.1, 0.15) is 22.9 Å². The van der Waals surface area contributed by atoms with Crippen LogP contribution in [-0.2, 0) is 16.1 Å². The average Bonchev–Trinajstić information content (AvgIpc) is 3.00. The largest absolute Gasteiger partial charge is 0.507 e. The number of amides is 1. The maximum absolute atomic E-state index is 13.5. The number of aromatic nitrogens is 1. The molecule has 30 heavy (non-hydrogen) atoms. The van der Waals surface area contributed by atoms with Gasteiger partial charge in [0.25, 0.3) is 11.7 Å². The van der Waals surface area contributed by atoms with Gasteiger partial charge < -0.3 is 10.0 Å². The first-order chi connectivity index (χ1) is 14.5. The van der Waals surface area contributed by atoms with Gasteiger partial charge in [-0.05, 0) is 54.1 Å².